The standard InChI is InChI=1S/C21H32N4O/c1-15(2)9-11-24(12-10-16(3)4)21(26)19-7-8-20(22-14-19)25-18(6)13-17(5)23-25/h7-8,13-16H,9-12H2,1-6H3. The molecule has 0 aliphatic rings. The maximum Gasteiger partial charge on any atom is 0.255 e. The summed E-state index contributed by atoms with van der Waals surface area (Å²) in [6.45, 7) is 14.3. The van der Waals surface area contributed by atoms with E-state index in [4.69, 9.17) is 0 Å². The van der Waals surface area contributed by atoms with E-state index in [2.05, 4.69) is 37.8 Å². The predicted molar refractivity (Wildman–Crippen MR) is 106 cm³/mol. The number of hydrogen-bond acceptors (Lipinski definition) is 3. The molecule has 5 heteroatoms. The van der Waals surface area contributed by atoms with Gasteiger partial charge in [0.25, 0.3) is 5.91 Å². The van der Waals surface area contributed by atoms with Crippen LogP contribution in [0.15, 0.2) is 24.4 Å². The summed E-state index contributed by atoms with van der Waals surface area (Å²) < 4.78 is 1.80. The Morgan fingerprint density at radius 3 is 2.12 bits per heavy atom. The third-order valence-corrected chi connectivity index (χ3v) is 4.46. The lowest BCUT2D eigenvalue weighted by molar-refractivity contribution is 0.0740. The molecule has 2 heterocycles. The van der Waals surface area contributed by atoms with Crippen molar-refractivity contribution in [2.24, 2.45) is 11.8 Å². The Kier molecular flexibility index (Phi) is 6.95. The molecule has 2 aromatic heterocycles. The highest BCUT2D eigenvalue weighted by Crippen LogP contribution is 2.14. The summed E-state index contributed by atoms with van der Waals surface area (Å²) in [6, 6.07) is 5.74. The largest absolute Gasteiger partial charge is 0.339 e. The Labute approximate surface area is 157 Å². The molecule has 0 aliphatic heterocycles. The van der Waals surface area contributed by atoms with E-state index in [9.17, 15) is 4.79 Å². The molecular formula is C21H32N4O. The number of nitrogens with zero attached hydrogens (tertiary/aromatic N) is 4. The van der Waals surface area contributed by atoms with Crippen LogP contribution in [0.3, 0.4) is 0 Å². The summed E-state index contributed by atoms with van der Waals surface area (Å²) in [5.74, 6) is 1.97. The van der Waals surface area contributed by atoms with Gasteiger partial charge in [-0.05, 0) is 56.7 Å². The molecule has 0 atom stereocenters. The molecular weight excluding hydrogens is 324 g/mol. The Morgan fingerprint density at radius 2 is 1.69 bits per heavy atom. The highest BCUT2D eigenvalue weighted by molar-refractivity contribution is 5.94. The maximum absolute atomic E-state index is 13.0. The second kappa shape index (κ2) is 8.97. The van der Waals surface area contributed by atoms with Crippen LogP contribution in [0.2, 0.25) is 0 Å². The fourth-order valence-corrected chi connectivity index (χ4v) is 2.82. The number of carbonyl (C=O) groups is 1. The van der Waals surface area contributed by atoms with Crippen molar-refractivity contribution in [1.29, 1.82) is 0 Å². The zero-order valence-electron chi connectivity index (χ0n) is 17.0. The minimum atomic E-state index is 0.0683. The third kappa shape index (κ3) is 5.41. The summed E-state index contributed by atoms with van der Waals surface area (Å²) in [5, 5.41) is 4.45. The summed E-state index contributed by atoms with van der Waals surface area (Å²) in [7, 11) is 0. The van der Waals surface area contributed by atoms with Gasteiger partial charge in [0.15, 0.2) is 5.82 Å². The molecule has 26 heavy (non-hydrogen) atoms. The predicted octanol–water partition coefficient (Wildman–Crippen LogP) is 4.42. The fraction of sp³-hybridized carbons (Fsp3) is 0.571. The van der Waals surface area contributed by atoms with Crippen LogP contribution in [0, 0.1) is 25.7 Å². The molecule has 0 fully saturated rings. The maximum atomic E-state index is 13.0. The summed E-state index contributed by atoms with van der Waals surface area (Å²) in [6.07, 6.45) is 3.70. The molecule has 1 amide bonds. The van der Waals surface area contributed by atoms with Crippen LogP contribution in [0.25, 0.3) is 5.82 Å². The van der Waals surface area contributed by atoms with Crippen LogP contribution in [-0.2, 0) is 0 Å². The number of carbonyl (C=O) groups excluding carboxylic acids is 1. The minimum Gasteiger partial charge on any atom is -0.339 e. The first-order chi connectivity index (χ1) is 12.3. The van der Waals surface area contributed by atoms with Crippen LogP contribution in [0.1, 0.15) is 62.3 Å². The smallest absolute Gasteiger partial charge is 0.255 e. The van der Waals surface area contributed by atoms with Gasteiger partial charge in [-0.15, -0.1) is 0 Å². The van der Waals surface area contributed by atoms with Gasteiger partial charge in [0.05, 0.1) is 11.3 Å². The molecule has 5 nitrogen and oxygen atoms in total. The Bertz CT molecular complexity index is 704. The van der Waals surface area contributed by atoms with Gasteiger partial charge < -0.3 is 4.90 Å². The van der Waals surface area contributed by atoms with Crippen LogP contribution in [0.4, 0.5) is 0 Å². The molecule has 2 aromatic rings. The first-order valence-corrected chi connectivity index (χ1v) is 9.57. The molecule has 0 aromatic carbocycles. The van der Waals surface area contributed by atoms with Crippen molar-refractivity contribution in [2.45, 2.75) is 54.4 Å². The average molecular weight is 357 g/mol. The topological polar surface area (TPSA) is 51.0 Å². The number of pyridine rings is 1. The van der Waals surface area contributed by atoms with Gasteiger partial charge in [-0.1, -0.05) is 27.7 Å². The van der Waals surface area contributed by atoms with Crippen molar-refractivity contribution in [3.63, 3.8) is 0 Å². The van der Waals surface area contributed by atoms with E-state index < -0.39 is 0 Å². The van der Waals surface area contributed by atoms with E-state index in [1.54, 1.807) is 10.9 Å². The van der Waals surface area contributed by atoms with Gasteiger partial charge >= 0.3 is 0 Å². The van der Waals surface area contributed by atoms with E-state index in [-0.39, 0.29) is 5.91 Å². The molecule has 0 aliphatic carbocycles. The lowest BCUT2D eigenvalue weighted by atomic mass is 10.1. The van der Waals surface area contributed by atoms with E-state index >= 15 is 0 Å². The lowest BCUT2D eigenvalue weighted by Gasteiger charge is -2.24. The molecule has 0 N–H and O–H groups in total. The van der Waals surface area contributed by atoms with Gasteiger partial charge in [-0.3, -0.25) is 4.79 Å². The average Bonchev–Trinajstić information content (AvgIpc) is 2.92. The van der Waals surface area contributed by atoms with Gasteiger partial charge in [-0.2, -0.15) is 5.10 Å². The molecule has 0 spiro atoms. The number of aryl methyl sites for hydroxylation is 2. The highest BCUT2D eigenvalue weighted by atomic mass is 16.2. The summed E-state index contributed by atoms with van der Waals surface area (Å²) in [4.78, 5) is 19.4. The zero-order valence-corrected chi connectivity index (χ0v) is 17.0. The SMILES string of the molecule is Cc1cc(C)n(-c2ccc(C(=O)N(CCC(C)C)CCC(C)C)cn2)n1. The second-order valence-corrected chi connectivity index (χ2v) is 7.90. The number of aromatic nitrogens is 3. The van der Waals surface area contributed by atoms with Crippen LogP contribution in [-0.4, -0.2) is 38.7 Å². The second-order valence-electron chi connectivity index (χ2n) is 7.90. The van der Waals surface area contributed by atoms with Crippen molar-refractivity contribution >= 4 is 5.91 Å². The lowest BCUT2D eigenvalue weighted by Crippen LogP contribution is -2.34. The van der Waals surface area contributed by atoms with Gasteiger partial charge in [-0.25, -0.2) is 9.67 Å². The Balaban J connectivity index is 2.15. The van der Waals surface area contributed by atoms with Gasteiger partial charge in [0.2, 0.25) is 0 Å². The van der Waals surface area contributed by atoms with Gasteiger partial charge in [0.1, 0.15) is 0 Å². The quantitative estimate of drug-likeness (QED) is 0.703. The molecule has 0 bridgehead atoms. The number of rotatable bonds is 8. The van der Waals surface area contributed by atoms with Crippen LogP contribution < -0.4 is 0 Å². The van der Waals surface area contributed by atoms with Crippen LogP contribution in [0.5, 0.6) is 0 Å². The van der Waals surface area contributed by atoms with Gasteiger partial charge in [0, 0.05) is 25.0 Å². The van der Waals surface area contributed by atoms with Crippen molar-refractivity contribution in [2.75, 3.05) is 13.1 Å². The highest BCUT2D eigenvalue weighted by Gasteiger charge is 2.17. The Morgan fingerprint density at radius 1 is 1.08 bits per heavy atom. The Hall–Kier alpha value is -2.17. The fourth-order valence-electron chi connectivity index (χ4n) is 2.82. The third-order valence-electron chi connectivity index (χ3n) is 4.46. The van der Waals surface area contributed by atoms with E-state index in [0.717, 1.165) is 43.1 Å². The number of amides is 1. The van der Waals surface area contributed by atoms with Crippen LogP contribution >= 0.6 is 0 Å². The van der Waals surface area contributed by atoms with E-state index in [1.807, 2.05) is 36.9 Å². The molecule has 2 rings (SSSR count). The molecule has 0 unspecified atom stereocenters. The monoisotopic (exact) mass is 356 g/mol. The number of hydrogen-bond donors (Lipinski definition) is 0. The first kappa shape index (κ1) is 20.1. The summed E-state index contributed by atoms with van der Waals surface area (Å²) >= 11 is 0. The first-order valence-electron chi connectivity index (χ1n) is 9.57. The minimum absolute atomic E-state index is 0.0683. The van der Waals surface area contributed by atoms with Crippen molar-refractivity contribution in [1.82, 2.24) is 19.7 Å². The molecule has 0 saturated heterocycles. The summed E-state index contributed by atoms with van der Waals surface area (Å²) in [5.41, 5.74) is 2.63. The van der Waals surface area contributed by atoms with Crippen molar-refractivity contribution in [3.05, 3.63) is 41.3 Å². The van der Waals surface area contributed by atoms with E-state index in [0.29, 0.717) is 17.4 Å². The molecule has 0 radical (unpaired) electrons. The van der Waals surface area contributed by atoms with Crippen molar-refractivity contribution in [3.8, 4) is 5.82 Å². The van der Waals surface area contributed by atoms with Crippen molar-refractivity contribution < 1.29 is 4.79 Å². The molecule has 142 valence electrons. The normalized spacial score (nSPS) is 11.4. The molecule has 0 saturated carbocycles. The zero-order chi connectivity index (χ0) is 19.3. The van der Waals surface area contributed by atoms with E-state index in [1.165, 1.54) is 0 Å².